The van der Waals surface area contributed by atoms with Crippen LogP contribution in [0.3, 0.4) is 0 Å². The Balaban J connectivity index is 2.18. The molecule has 2 aromatic carbocycles. The molecule has 0 N–H and O–H groups in total. The van der Waals surface area contributed by atoms with Crippen LogP contribution in [0.1, 0.15) is 11.1 Å². The summed E-state index contributed by atoms with van der Waals surface area (Å²) in [4.78, 5) is 4.46. The summed E-state index contributed by atoms with van der Waals surface area (Å²) in [6, 6.07) is 19.9. The van der Waals surface area contributed by atoms with Gasteiger partial charge < -0.3 is 0 Å². The molecule has 0 aliphatic heterocycles. The maximum atomic E-state index is 5.49. The Kier molecular flexibility index (Phi) is 3.72. The van der Waals surface area contributed by atoms with Gasteiger partial charge in [0.25, 0.3) is 0 Å². The van der Waals surface area contributed by atoms with Gasteiger partial charge in [-0.25, -0.2) is 0 Å². The van der Waals surface area contributed by atoms with Crippen molar-refractivity contribution >= 4 is 5.71 Å². The van der Waals surface area contributed by atoms with Crippen LogP contribution in [0.25, 0.3) is 0 Å². The van der Waals surface area contributed by atoms with Gasteiger partial charge in [-0.3, -0.25) is 4.99 Å². The minimum absolute atomic E-state index is 0.620. The summed E-state index contributed by atoms with van der Waals surface area (Å²) in [5.41, 5.74) is 2.86. The highest BCUT2D eigenvalue weighted by Gasteiger charge is 1.98. The lowest BCUT2D eigenvalue weighted by molar-refractivity contribution is 1.07. The molecule has 82 valence electrons. The first-order valence-corrected chi connectivity index (χ1v) is 5.50. The molecule has 2 aromatic rings. The molecule has 0 aliphatic rings. The Bertz CT molecular complexity index is 533. The highest BCUT2D eigenvalue weighted by molar-refractivity contribution is 6.12. The van der Waals surface area contributed by atoms with Crippen molar-refractivity contribution < 1.29 is 0 Å². The topological polar surface area (TPSA) is 12.4 Å². The second-order valence-electron chi connectivity index (χ2n) is 3.66. The van der Waals surface area contributed by atoms with Gasteiger partial charge in [0.05, 0.1) is 6.54 Å². The van der Waals surface area contributed by atoms with E-state index in [4.69, 9.17) is 6.42 Å². The van der Waals surface area contributed by atoms with Crippen molar-refractivity contribution in [3.63, 3.8) is 0 Å². The summed E-state index contributed by atoms with van der Waals surface area (Å²) >= 11 is 0. The van der Waals surface area contributed by atoms with E-state index in [1.54, 1.807) is 0 Å². The molecule has 0 fully saturated rings. The average Bonchev–Trinajstić information content (AvgIpc) is 2.42. The molecule has 0 heterocycles. The first-order chi connectivity index (χ1) is 8.40. The fraction of sp³-hybridized carbons (Fsp3) is 0.0625. The van der Waals surface area contributed by atoms with Gasteiger partial charge in [0, 0.05) is 5.56 Å². The second kappa shape index (κ2) is 5.67. The van der Waals surface area contributed by atoms with Crippen molar-refractivity contribution in [1.82, 2.24) is 0 Å². The van der Waals surface area contributed by atoms with E-state index in [0.717, 1.165) is 11.1 Å². The van der Waals surface area contributed by atoms with Crippen molar-refractivity contribution in [1.29, 1.82) is 0 Å². The van der Waals surface area contributed by atoms with Crippen LogP contribution < -0.4 is 0 Å². The van der Waals surface area contributed by atoms with Crippen LogP contribution in [-0.2, 0) is 6.54 Å². The largest absolute Gasteiger partial charge is 0.271 e. The normalized spacial score (nSPS) is 10.9. The zero-order valence-corrected chi connectivity index (χ0v) is 9.51. The van der Waals surface area contributed by atoms with E-state index in [2.05, 4.69) is 10.9 Å². The van der Waals surface area contributed by atoms with Gasteiger partial charge >= 0.3 is 0 Å². The summed E-state index contributed by atoms with van der Waals surface area (Å²) < 4.78 is 0. The summed E-state index contributed by atoms with van der Waals surface area (Å²) in [5.74, 6) is 2.64. The van der Waals surface area contributed by atoms with Gasteiger partial charge in [0.2, 0.25) is 0 Å². The number of hydrogen-bond acceptors (Lipinski definition) is 1. The zero-order valence-electron chi connectivity index (χ0n) is 9.51. The summed E-state index contributed by atoms with van der Waals surface area (Å²) in [7, 11) is 0. The van der Waals surface area contributed by atoms with E-state index in [-0.39, 0.29) is 0 Å². The van der Waals surface area contributed by atoms with Gasteiger partial charge in [-0.1, -0.05) is 66.6 Å². The molecular formula is C16H13N. The zero-order chi connectivity index (χ0) is 11.9. The number of nitrogens with zero attached hydrogens (tertiary/aromatic N) is 1. The molecule has 0 aliphatic carbocycles. The highest BCUT2D eigenvalue weighted by atomic mass is 14.7. The molecule has 0 atom stereocenters. The van der Waals surface area contributed by atoms with Crippen LogP contribution in [-0.4, -0.2) is 5.71 Å². The van der Waals surface area contributed by atoms with E-state index < -0.39 is 0 Å². The third-order valence-electron chi connectivity index (χ3n) is 2.45. The summed E-state index contributed by atoms with van der Waals surface area (Å²) in [5, 5.41) is 0. The Morgan fingerprint density at radius 3 is 2.12 bits per heavy atom. The van der Waals surface area contributed by atoms with Crippen molar-refractivity contribution in [2.45, 2.75) is 6.54 Å². The monoisotopic (exact) mass is 219 g/mol. The first-order valence-electron chi connectivity index (χ1n) is 5.50. The fourth-order valence-electron chi connectivity index (χ4n) is 1.57. The predicted molar refractivity (Wildman–Crippen MR) is 72.0 cm³/mol. The van der Waals surface area contributed by atoms with E-state index in [1.165, 1.54) is 0 Å². The van der Waals surface area contributed by atoms with E-state index in [1.807, 2.05) is 60.7 Å². The molecule has 1 nitrogen and oxygen atoms in total. The van der Waals surface area contributed by atoms with Gasteiger partial charge in [-0.15, -0.1) is 6.42 Å². The lowest BCUT2D eigenvalue weighted by Gasteiger charge is -2.00. The molecule has 0 amide bonds. The molecule has 0 saturated carbocycles. The number of rotatable bonds is 3. The van der Waals surface area contributed by atoms with Crippen LogP contribution in [0.2, 0.25) is 0 Å². The third kappa shape index (κ3) is 3.06. The fourth-order valence-corrected chi connectivity index (χ4v) is 1.57. The molecule has 1 heteroatoms. The van der Waals surface area contributed by atoms with Crippen LogP contribution in [0.15, 0.2) is 65.7 Å². The third-order valence-corrected chi connectivity index (χ3v) is 2.45. The minimum Gasteiger partial charge on any atom is -0.271 e. The predicted octanol–water partition coefficient (Wildman–Crippen LogP) is 3.31. The van der Waals surface area contributed by atoms with Gasteiger partial charge in [0.1, 0.15) is 5.71 Å². The minimum atomic E-state index is 0.620. The van der Waals surface area contributed by atoms with Crippen LogP contribution in [0.4, 0.5) is 0 Å². The van der Waals surface area contributed by atoms with Crippen LogP contribution in [0.5, 0.6) is 0 Å². The highest BCUT2D eigenvalue weighted by Crippen LogP contribution is 2.05. The quantitative estimate of drug-likeness (QED) is 0.554. The number of aliphatic imine (C=N–C) groups is 1. The van der Waals surface area contributed by atoms with Crippen molar-refractivity contribution in [3.8, 4) is 12.3 Å². The molecule has 2 rings (SSSR count). The SMILES string of the molecule is C#CC(=NCc1ccccc1)c1ccccc1. The van der Waals surface area contributed by atoms with E-state index >= 15 is 0 Å². The molecule has 17 heavy (non-hydrogen) atoms. The number of terminal acetylenes is 1. The van der Waals surface area contributed by atoms with Gasteiger partial charge in [-0.2, -0.15) is 0 Å². The summed E-state index contributed by atoms with van der Waals surface area (Å²) in [6.07, 6.45) is 5.49. The maximum Gasteiger partial charge on any atom is 0.114 e. The van der Waals surface area contributed by atoms with Gasteiger partial charge in [0.15, 0.2) is 0 Å². The molecular weight excluding hydrogens is 206 g/mol. The first kappa shape index (κ1) is 11.2. The van der Waals surface area contributed by atoms with Crippen molar-refractivity contribution in [3.05, 3.63) is 71.8 Å². The molecule has 0 radical (unpaired) electrons. The molecule has 0 spiro atoms. The van der Waals surface area contributed by atoms with Gasteiger partial charge in [-0.05, 0) is 5.56 Å². The lowest BCUT2D eigenvalue weighted by atomic mass is 10.1. The molecule has 0 aromatic heterocycles. The second-order valence-corrected chi connectivity index (χ2v) is 3.66. The summed E-state index contributed by atoms with van der Waals surface area (Å²) in [6.45, 7) is 0.620. The van der Waals surface area contributed by atoms with E-state index in [9.17, 15) is 0 Å². The van der Waals surface area contributed by atoms with Crippen molar-refractivity contribution in [2.75, 3.05) is 0 Å². The molecule has 0 bridgehead atoms. The average molecular weight is 219 g/mol. The Labute approximate surface area is 102 Å². The van der Waals surface area contributed by atoms with E-state index in [0.29, 0.717) is 12.3 Å². The smallest absolute Gasteiger partial charge is 0.114 e. The molecule has 0 unspecified atom stereocenters. The maximum absolute atomic E-state index is 5.49. The standard InChI is InChI=1S/C16H13N/c1-2-16(15-11-7-4-8-12-15)17-13-14-9-5-3-6-10-14/h1,3-12H,13H2. The number of benzene rings is 2. The van der Waals surface area contributed by atoms with Crippen LogP contribution >= 0.6 is 0 Å². The number of hydrogen-bond donors (Lipinski definition) is 0. The van der Waals surface area contributed by atoms with Crippen LogP contribution in [0, 0.1) is 12.3 Å². The van der Waals surface area contributed by atoms with Crippen molar-refractivity contribution in [2.24, 2.45) is 4.99 Å². The Hall–Kier alpha value is -2.33. The Morgan fingerprint density at radius 2 is 1.53 bits per heavy atom. The Morgan fingerprint density at radius 1 is 0.941 bits per heavy atom. The molecule has 0 saturated heterocycles. The lowest BCUT2D eigenvalue weighted by Crippen LogP contribution is -1.97.